The van der Waals surface area contributed by atoms with Gasteiger partial charge in [-0.2, -0.15) is 0 Å². The molecule has 3 rings (SSSR count). The van der Waals surface area contributed by atoms with Gasteiger partial charge in [-0.15, -0.1) is 11.6 Å². The van der Waals surface area contributed by atoms with Crippen LogP contribution in [0.25, 0.3) is 0 Å². The lowest BCUT2D eigenvalue weighted by Crippen LogP contribution is -2.17. The minimum absolute atomic E-state index is 0.0743. The van der Waals surface area contributed by atoms with Crippen LogP contribution in [0.2, 0.25) is 0 Å². The molecule has 0 radical (unpaired) electrons. The van der Waals surface area contributed by atoms with E-state index in [0.29, 0.717) is 19.1 Å². The molecule has 98 valence electrons. The summed E-state index contributed by atoms with van der Waals surface area (Å²) in [4.78, 5) is 0. The van der Waals surface area contributed by atoms with Gasteiger partial charge in [0.1, 0.15) is 0 Å². The molecule has 1 aliphatic heterocycles. The van der Waals surface area contributed by atoms with Crippen LogP contribution in [0.15, 0.2) is 16.6 Å². The van der Waals surface area contributed by atoms with Crippen molar-refractivity contribution in [2.75, 3.05) is 13.2 Å². The van der Waals surface area contributed by atoms with E-state index < -0.39 is 0 Å². The second-order valence-electron chi connectivity index (χ2n) is 4.96. The standard InChI is InChI=1S/C14H16BrClO2/c15-11-8-13-12(17-5-2-6-18-13)7-10(11)14(16)9-3-1-4-9/h7-9,14H,1-6H2. The van der Waals surface area contributed by atoms with Gasteiger partial charge in [0, 0.05) is 10.9 Å². The van der Waals surface area contributed by atoms with Crippen LogP contribution in [-0.2, 0) is 0 Å². The van der Waals surface area contributed by atoms with Gasteiger partial charge in [0.05, 0.1) is 18.6 Å². The minimum atomic E-state index is 0.0743. The molecule has 0 amide bonds. The first-order valence-electron chi connectivity index (χ1n) is 6.49. The van der Waals surface area contributed by atoms with Crippen molar-refractivity contribution < 1.29 is 9.47 Å². The van der Waals surface area contributed by atoms with Gasteiger partial charge < -0.3 is 9.47 Å². The van der Waals surface area contributed by atoms with Gasteiger partial charge in [0.2, 0.25) is 0 Å². The molecule has 4 heteroatoms. The molecule has 2 aliphatic rings. The van der Waals surface area contributed by atoms with Gasteiger partial charge in [0.15, 0.2) is 11.5 Å². The van der Waals surface area contributed by atoms with E-state index in [4.69, 9.17) is 21.1 Å². The van der Waals surface area contributed by atoms with Gasteiger partial charge >= 0.3 is 0 Å². The van der Waals surface area contributed by atoms with Crippen LogP contribution in [0.4, 0.5) is 0 Å². The Morgan fingerprint density at radius 3 is 2.39 bits per heavy atom. The maximum Gasteiger partial charge on any atom is 0.162 e. The fourth-order valence-corrected chi connectivity index (χ4v) is 3.53. The molecule has 0 saturated heterocycles. The molecule has 1 heterocycles. The van der Waals surface area contributed by atoms with E-state index in [1.807, 2.05) is 12.1 Å². The zero-order valence-electron chi connectivity index (χ0n) is 10.1. The molecule has 2 nitrogen and oxygen atoms in total. The molecule has 1 aliphatic carbocycles. The van der Waals surface area contributed by atoms with Crippen molar-refractivity contribution in [2.24, 2.45) is 5.92 Å². The molecular weight excluding hydrogens is 316 g/mol. The molecule has 0 N–H and O–H groups in total. The molecular formula is C14H16BrClO2. The van der Waals surface area contributed by atoms with Crippen molar-refractivity contribution in [3.05, 3.63) is 22.2 Å². The number of hydrogen-bond acceptors (Lipinski definition) is 2. The lowest BCUT2D eigenvalue weighted by Gasteiger charge is -2.30. The van der Waals surface area contributed by atoms with Crippen LogP contribution in [0.1, 0.15) is 36.6 Å². The molecule has 1 aromatic carbocycles. The zero-order valence-corrected chi connectivity index (χ0v) is 12.5. The Bertz CT molecular complexity index is 446. The Balaban J connectivity index is 1.92. The van der Waals surface area contributed by atoms with Crippen molar-refractivity contribution in [1.82, 2.24) is 0 Å². The van der Waals surface area contributed by atoms with Crippen molar-refractivity contribution in [1.29, 1.82) is 0 Å². The quantitative estimate of drug-likeness (QED) is 0.732. The fourth-order valence-electron chi connectivity index (χ4n) is 2.40. The van der Waals surface area contributed by atoms with Gasteiger partial charge in [-0.05, 0) is 36.5 Å². The second kappa shape index (κ2) is 5.30. The number of hydrogen-bond donors (Lipinski definition) is 0. The molecule has 0 spiro atoms. The van der Waals surface area contributed by atoms with E-state index in [1.165, 1.54) is 19.3 Å². The first-order valence-corrected chi connectivity index (χ1v) is 7.72. The summed E-state index contributed by atoms with van der Waals surface area (Å²) in [6, 6.07) is 4.03. The largest absolute Gasteiger partial charge is 0.490 e. The van der Waals surface area contributed by atoms with Crippen LogP contribution in [-0.4, -0.2) is 13.2 Å². The molecule has 0 aromatic heterocycles. The topological polar surface area (TPSA) is 18.5 Å². The van der Waals surface area contributed by atoms with Crippen LogP contribution < -0.4 is 9.47 Å². The number of ether oxygens (including phenoxy) is 2. The van der Waals surface area contributed by atoms with E-state index in [0.717, 1.165) is 28.0 Å². The smallest absolute Gasteiger partial charge is 0.162 e. The maximum absolute atomic E-state index is 6.57. The Labute approximate surface area is 121 Å². The van der Waals surface area contributed by atoms with E-state index in [1.54, 1.807) is 0 Å². The maximum atomic E-state index is 6.57. The van der Waals surface area contributed by atoms with Crippen LogP contribution in [0.3, 0.4) is 0 Å². The summed E-state index contributed by atoms with van der Waals surface area (Å²) in [5.74, 6) is 2.25. The molecule has 1 atom stereocenters. The van der Waals surface area contributed by atoms with Gasteiger partial charge in [-0.25, -0.2) is 0 Å². The summed E-state index contributed by atoms with van der Waals surface area (Å²) < 4.78 is 12.4. The van der Waals surface area contributed by atoms with Crippen LogP contribution >= 0.6 is 27.5 Å². The Hall–Kier alpha value is -0.410. The predicted octanol–water partition coefficient (Wildman–Crippen LogP) is 4.69. The second-order valence-corrected chi connectivity index (χ2v) is 6.29. The monoisotopic (exact) mass is 330 g/mol. The van der Waals surface area contributed by atoms with Crippen molar-refractivity contribution in [2.45, 2.75) is 31.1 Å². The number of halogens is 2. The van der Waals surface area contributed by atoms with E-state index in [-0.39, 0.29) is 5.38 Å². The van der Waals surface area contributed by atoms with Crippen molar-refractivity contribution in [3.8, 4) is 11.5 Å². The number of rotatable bonds is 2. The highest BCUT2D eigenvalue weighted by atomic mass is 79.9. The van der Waals surface area contributed by atoms with E-state index in [9.17, 15) is 0 Å². The highest BCUT2D eigenvalue weighted by Crippen LogP contribution is 2.46. The highest BCUT2D eigenvalue weighted by molar-refractivity contribution is 9.10. The molecule has 0 bridgehead atoms. The van der Waals surface area contributed by atoms with E-state index in [2.05, 4.69) is 15.9 Å². The summed E-state index contributed by atoms with van der Waals surface area (Å²) in [7, 11) is 0. The fraction of sp³-hybridized carbons (Fsp3) is 0.571. The summed E-state index contributed by atoms with van der Waals surface area (Å²) in [6.07, 6.45) is 4.69. The summed E-state index contributed by atoms with van der Waals surface area (Å²) in [5, 5.41) is 0.0743. The minimum Gasteiger partial charge on any atom is -0.490 e. The predicted molar refractivity (Wildman–Crippen MR) is 75.7 cm³/mol. The first-order chi connectivity index (χ1) is 8.75. The Morgan fingerprint density at radius 2 is 1.78 bits per heavy atom. The molecule has 1 unspecified atom stereocenters. The molecule has 1 saturated carbocycles. The number of fused-ring (bicyclic) bond motifs is 1. The SMILES string of the molecule is ClC(c1cc2c(cc1Br)OCCCO2)C1CCC1. The molecule has 1 fully saturated rings. The van der Waals surface area contributed by atoms with Crippen LogP contribution in [0, 0.1) is 5.92 Å². The van der Waals surface area contributed by atoms with Crippen LogP contribution in [0.5, 0.6) is 11.5 Å². The Morgan fingerprint density at radius 1 is 1.11 bits per heavy atom. The third kappa shape index (κ3) is 2.35. The number of alkyl halides is 1. The first kappa shape index (κ1) is 12.6. The lowest BCUT2D eigenvalue weighted by molar-refractivity contribution is 0.296. The van der Waals surface area contributed by atoms with Crippen molar-refractivity contribution >= 4 is 27.5 Å². The molecule has 18 heavy (non-hydrogen) atoms. The summed E-state index contributed by atoms with van der Waals surface area (Å²) in [5.41, 5.74) is 1.13. The average Bonchev–Trinajstić information content (AvgIpc) is 2.50. The lowest BCUT2D eigenvalue weighted by atomic mass is 9.80. The third-order valence-electron chi connectivity index (χ3n) is 3.73. The number of benzene rings is 1. The summed E-state index contributed by atoms with van der Waals surface area (Å²) in [6.45, 7) is 1.43. The Kier molecular flexibility index (Phi) is 3.71. The third-order valence-corrected chi connectivity index (χ3v) is 5.01. The highest BCUT2D eigenvalue weighted by Gasteiger charge is 2.29. The van der Waals surface area contributed by atoms with Gasteiger partial charge in [0.25, 0.3) is 0 Å². The van der Waals surface area contributed by atoms with E-state index >= 15 is 0 Å². The van der Waals surface area contributed by atoms with Gasteiger partial charge in [-0.1, -0.05) is 22.4 Å². The summed E-state index contributed by atoms with van der Waals surface area (Å²) >= 11 is 10.2. The normalized spacial score (nSPS) is 21.0. The van der Waals surface area contributed by atoms with Crippen molar-refractivity contribution in [3.63, 3.8) is 0 Å². The zero-order chi connectivity index (χ0) is 12.5. The molecule has 1 aromatic rings. The average molecular weight is 332 g/mol. The van der Waals surface area contributed by atoms with Gasteiger partial charge in [-0.3, -0.25) is 0 Å².